The minimum Gasteiger partial charge on any atom is -0.495 e. The second kappa shape index (κ2) is 6.15. The fraction of sp³-hybridized carbons (Fsp3) is 0.0909. The normalized spacial score (nSPS) is 8.76. The first-order valence-corrected chi connectivity index (χ1v) is 5.59. The van der Waals surface area contributed by atoms with Crippen molar-refractivity contribution in [2.75, 3.05) is 12.4 Å². The lowest BCUT2D eigenvalue weighted by Crippen LogP contribution is -1.93. The lowest BCUT2D eigenvalue weighted by molar-refractivity contribution is 0.412. The minimum absolute atomic E-state index is 0.0389. The molecule has 0 spiro atoms. The van der Waals surface area contributed by atoms with Crippen LogP contribution in [0, 0.1) is 22.7 Å². The molecule has 0 aliphatic carbocycles. The van der Waals surface area contributed by atoms with Gasteiger partial charge in [-0.3, -0.25) is 0 Å². The van der Waals surface area contributed by atoms with Crippen LogP contribution in [-0.2, 0) is 0 Å². The quantitative estimate of drug-likeness (QED) is 0.868. The van der Waals surface area contributed by atoms with E-state index >= 15 is 0 Å². The maximum atomic E-state index is 8.57. The molecule has 0 aliphatic heterocycles. The zero-order valence-electron chi connectivity index (χ0n) is 8.79. The third-order valence-corrected chi connectivity index (χ3v) is 2.79. The molecule has 1 N–H and O–H groups in total. The number of anilines is 1. The van der Waals surface area contributed by atoms with Crippen molar-refractivity contribution in [1.29, 1.82) is 10.5 Å². The number of halogens is 2. The first-order chi connectivity index (χ1) is 8.12. The molecule has 0 aromatic heterocycles. The number of nitriles is 2. The van der Waals surface area contributed by atoms with Gasteiger partial charge in [0.05, 0.1) is 22.3 Å². The Morgan fingerprint density at radius 2 is 2.12 bits per heavy atom. The van der Waals surface area contributed by atoms with Gasteiger partial charge in [0.1, 0.15) is 23.5 Å². The molecule has 0 heterocycles. The number of ether oxygens (including phenoxy) is 1. The lowest BCUT2D eigenvalue weighted by Gasteiger charge is -2.08. The molecule has 0 bridgehead atoms. The van der Waals surface area contributed by atoms with Gasteiger partial charge in [-0.2, -0.15) is 10.5 Å². The van der Waals surface area contributed by atoms with Gasteiger partial charge in [0, 0.05) is 12.3 Å². The van der Waals surface area contributed by atoms with Crippen LogP contribution in [0.2, 0.25) is 5.02 Å². The smallest absolute Gasteiger partial charge is 0.145 e. The Bertz CT molecular complexity index is 527. The number of rotatable bonds is 3. The highest BCUT2D eigenvalue weighted by Gasteiger charge is 2.06. The van der Waals surface area contributed by atoms with Crippen molar-refractivity contribution in [3.8, 4) is 17.9 Å². The van der Waals surface area contributed by atoms with Crippen molar-refractivity contribution in [1.82, 2.24) is 0 Å². The van der Waals surface area contributed by atoms with Gasteiger partial charge in [-0.05, 0) is 22.0 Å². The summed E-state index contributed by atoms with van der Waals surface area (Å²) in [6.45, 7) is 0. The molecule has 1 aromatic rings. The second-order valence-electron chi connectivity index (χ2n) is 2.89. The van der Waals surface area contributed by atoms with Gasteiger partial charge < -0.3 is 10.1 Å². The molecule has 0 aliphatic rings. The predicted octanol–water partition coefficient (Wildman–Crippen LogP) is 3.45. The maximum absolute atomic E-state index is 8.57. The van der Waals surface area contributed by atoms with Crippen molar-refractivity contribution in [2.45, 2.75) is 0 Å². The summed E-state index contributed by atoms with van der Waals surface area (Å²) in [7, 11) is 1.53. The largest absolute Gasteiger partial charge is 0.495 e. The van der Waals surface area contributed by atoms with Gasteiger partial charge in [-0.25, -0.2) is 0 Å². The molecule has 4 nitrogen and oxygen atoms in total. The van der Waals surface area contributed by atoms with Gasteiger partial charge in [0.2, 0.25) is 0 Å². The van der Waals surface area contributed by atoms with E-state index in [2.05, 4.69) is 21.2 Å². The number of hydrogen-bond donors (Lipinski definition) is 1. The van der Waals surface area contributed by atoms with Crippen molar-refractivity contribution in [3.63, 3.8) is 0 Å². The summed E-state index contributed by atoms with van der Waals surface area (Å²) < 4.78 is 5.83. The highest BCUT2D eigenvalue weighted by molar-refractivity contribution is 9.10. The molecule has 17 heavy (non-hydrogen) atoms. The number of benzene rings is 1. The second-order valence-corrected chi connectivity index (χ2v) is 4.15. The van der Waals surface area contributed by atoms with Crippen LogP contribution in [0.15, 0.2) is 28.4 Å². The molecular weight excluding hydrogens is 305 g/mol. The molecule has 0 saturated carbocycles. The van der Waals surface area contributed by atoms with E-state index in [4.69, 9.17) is 26.9 Å². The average Bonchev–Trinajstić information content (AvgIpc) is 2.32. The molecule has 0 amide bonds. The van der Waals surface area contributed by atoms with Crippen LogP contribution in [0.5, 0.6) is 5.75 Å². The Morgan fingerprint density at radius 3 is 2.65 bits per heavy atom. The van der Waals surface area contributed by atoms with Crippen LogP contribution in [0.1, 0.15) is 0 Å². The molecule has 0 atom stereocenters. The third-order valence-electron chi connectivity index (χ3n) is 1.85. The third kappa shape index (κ3) is 3.39. The first-order valence-electron chi connectivity index (χ1n) is 4.42. The minimum atomic E-state index is -0.0389. The van der Waals surface area contributed by atoms with Crippen LogP contribution in [0.3, 0.4) is 0 Å². The number of nitrogens with zero attached hydrogens (tertiary/aromatic N) is 2. The molecule has 1 aromatic carbocycles. The molecule has 0 saturated heterocycles. The van der Waals surface area contributed by atoms with E-state index in [-0.39, 0.29) is 5.57 Å². The zero-order chi connectivity index (χ0) is 12.8. The topological polar surface area (TPSA) is 68.8 Å². The van der Waals surface area contributed by atoms with Crippen molar-refractivity contribution >= 4 is 33.2 Å². The fourth-order valence-corrected chi connectivity index (χ4v) is 1.89. The highest BCUT2D eigenvalue weighted by atomic mass is 79.9. The van der Waals surface area contributed by atoms with E-state index in [1.54, 1.807) is 24.3 Å². The molecule has 86 valence electrons. The number of methoxy groups -OCH3 is 1. The van der Waals surface area contributed by atoms with Crippen LogP contribution >= 0.6 is 27.5 Å². The summed E-state index contributed by atoms with van der Waals surface area (Å²) in [6, 6.07) is 6.79. The number of hydrogen-bond acceptors (Lipinski definition) is 4. The Hall–Kier alpha value is -1.69. The van der Waals surface area contributed by atoms with E-state index in [9.17, 15) is 0 Å². The van der Waals surface area contributed by atoms with Gasteiger partial charge >= 0.3 is 0 Å². The fourth-order valence-electron chi connectivity index (χ4n) is 1.04. The Morgan fingerprint density at radius 1 is 1.47 bits per heavy atom. The van der Waals surface area contributed by atoms with Gasteiger partial charge in [0.25, 0.3) is 0 Å². The molecule has 1 rings (SSSR count). The van der Waals surface area contributed by atoms with E-state index < -0.39 is 0 Å². The van der Waals surface area contributed by atoms with E-state index in [0.717, 1.165) is 4.47 Å². The summed E-state index contributed by atoms with van der Waals surface area (Å²) in [6.07, 6.45) is 1.29. The molecular formula is C11H7BrClN3O. The van der Waals surface area contributed by atoms with Crippen molar-refractivity contribution in [2.24, 2.45) is 0 Å². The molecule has 0 radical (unpaired) electrons. The van der Waals surface area contributed by atoms with E-state index in [1.807, 2.05) is 0 Å². The van der Waals surface area contributed by atoms with Gasteiger partial charge in [-0.15, -0.1) is 0 Å². The first kappa shape index (κ1) is 13.4. The van der Waals surface area contributed by atoms with E-state index in [0.29, 0.717) is 16.5 Å². The summed E-state index contributed by atoms with van der Waals surface area (Å²) in [5.74, 6) is 0.598. The maximum Gasteiger partial charge on any atom is 0.145 e. The highest BCUT2D eigenvalue weighted by Crippen LogP contribution is 2.34. The number of nitrogens with one attached hydrogen (secondary N) is 1. The summed E-state index contributed by atoms with van der Waals surface area (Å²) in [4.78, 5) is 0. The van der Waals surface area contributed by atoms with Crippen LogP contribution in [0.4, 0.5) is 5.69 Å². The Labute approximate surface area is 112 Å². The van der Waals surface area contributed by atoms with Crippen LogP contribution in [0.25, 0.3) is 0 Å². The summed E-state index contributed by atoms with van der Waals surface area (Å²) in [5, 5.41) is 20.4. The molecule has 6 heteroatoms. The molecule has 0 fully saturated rings. The van der Waals surface area contributed by atoms with Crippen molar-refractivity contribution in [3.05, 3.63) is 33.4 Å². The lowest BCUT2D eigenvalue weighted by atomic mass is 10.3. The average molecular weight is 313 g/mol. The Balaban J connectivity index is 3.05. The van der Waals surface area contributed by atoms with Crippen LogP contribution in [-0.4, -0.2) is 7.11 Å². The summed E-state index contributed by atoms with van der Waals surface area (Å²) in [5.41, 5.74) is 0.512. The number of allylic oxidation sites excluding steroid dienone is 1. The van der Waals surface area contributed by atoms with E-state index in [1.165, 1.54) is 13.3 Å². The monoisotopic (exact) mass is 311 g/mol. The summed E-state index contributed by atoms with van der Waals surface area (Å²) >= 11 is 9.28. The van der Waals surface area contributed by atoms with Crippen LogP contribution < -0.4 is 10.1 Å². The van der Waals surface area contributed by atoms with Gasteiger partial charge in [-0.1, -0.05) is 11.6 Å². The Kier molecular flexibility index (Phi) is 4.84. The standard InChI is InChI=1S/C11H7BrClN3O/c1-17-11-3-10(9(13)2-8(11)12)16-6-7(4-14)5-15/h2-3,6,16H,1H3. The van der Waals surface area contributed by atoms with Gasteiger partial charge in [0.15, 0.2) is 0 Å². The zero-order valence-corrected chi connectivity index (χ0v) is 11.1. The molecule has 0 unspecified atom stereocenters. The predicted molar refractivity (Wildman–Crippen MR) is 68.6 cm³/mol. The SMILES string of the molecule is COc1cc(NC=C(C#N)C#N)c(Cl)cc1Br. The van der Waals surface area contributed by atoms with Crippen molar-refractivity contribution < 1.29 is 4.74 Å².